The minimum absolute atomic E-state index is 0.0740. The number of amides is 2. The Morgan fingerprint density at radius 3 is 2.40 bits per heavy atom. The zero-order valence-corrected chi connectivity index (χ0v) is 19.0. The van der Waals surface area contributed by atoms with Crippen LogP contribution in [-0.2, 0) is 11.4 Å². The molecule has 1 aromatic heterocycles. The van der Waals surface area contributed by atoms with Crippen LogP contribution in [0.1, 0.15) is 27.5 Å². The molecule has 2 heterocycles. The highest BCUT2D eigenvalue weighted by Gasteiger charge is 2.46. The molecule has 2 aromatic carbocycles. The van der Waals surface area contributed by atoms with E-state index >= 15 is 0 Å². The maximum Gasteiger partial charge on any atom is 0.251 e. The number of ether oxygens (including phenoxy) is 1. The lowest BCUT2D eigenvalue weighted by molar-refractivity contribution is -0.118. The first-order chi connectivity index (χ1) is 16.7. The van der Waals surface area contributed by atoms with Gasteiger partial charge in [0.05, 0.1) is 19.4 Å². The molecule has 4 rings (SSSR count). The number of nitrogens with zero attached hydrogens (tertiary/aromatic N) is 2. The summed E-state index contributed by atoms with van der Waals surface area (Å²) in [6.45, 7) is -0.902. The number of methoxy groups -OCH3 is 1. The van der Waals surface area contributed by atoms with Gasteiger partial charge in [-0.3, -0.25) is 14.5 Å². The first-order valence-electron chi connectivity index (χ1n) is 10.4. The van der Waals surface area contributed by atoms with Crippen molar-refractivity contribution >= 4 is 29.2 Å². The van der Waals surface area contributed by atoms with E-state index in [4.69, 9.17) is 16.3 Å². The molecule has 0 radical (unpaired) electrons. The second kappa shape index (κ2) is 9.93. The van der Waals surface area contributed by atoms with E-state index in [9.17, 15) is 27.9 Å². The zero-order chi connectivity index (χ0) is 25.3. The van der Waals surface area contributed by atoms with Crippen molar-refractivity contribution in [3.63, 3.8) is 0 Å². The van der Waals surface area contributed by atoms with Crippen LogP contribution in [0.2, 0.25) is 5.02 Å². The number of aromatic nitrogens is 1. The summed E-state index contributed by atoms with van der Waals surface area (Å²) in [6, 6.07) is 8.50. The summed E-state index contributed by atoms with van der Waals surface area (Å²) in [5.41, 5.74) is -0.232. The Morgan fingerprint density at radius 1 is 1.14 bits per heavy atom. The van der Waals surface area contributed by atoms with E-state index < -0.39 is 59.2 Å². The van der Waals surface area contributed by atoms with Crippen molar-refractivity contribution in [2.24, 2.45) is 0 Å². The van der Waals surface area contributed by atoms with Crippen molar-refractivity contribution in [3.05, 3.63) is 87.8 Å². The van der Waals surface area contributed by atoms with E-state index in [0.29, 0.717) is 5.02 Å². The smallest absolute Gasteiger partial charge is 0.251 e. The molecule has 2 N–H and O–H groups in total. The Bertz CT molecular complexity index is 1270. The molecule has 35 heavy (non-hydrogen) atoms. The second-order valence-electron chi connectivity index (χ2n) is 7.78. The van der Waals surface area contributed by atoms with E-state index in [0.717, 1.165) is 23.1 Å². The summed E-state index contributed by atoms with van der Waals surface area (Å²) >= 11 is 5.85. The minimum atomic E-state index is -1.45. The number of aliphatic hydroxyl groups is 1. The molecule has 1 fully saturated rings. The van der Waals surface area contributed by atoms with E-state index in [2.05, 4.69) is 10.3 Å². The van der Waals surface area contributed by atoms with Crippen LogP contribution in [0.4, 0.5) is 19.0 Å². The van der Waals surface area contributed by atoms with Crippen LogP contribution in [0.5, 0.6) is 5.75 Å². The fraction of sp³-hybridized carbons (Fsp3) is 0.208. The molecule has 0 spiro atoms. The number of carbonyl (C=O) groups excluding carboxylic acids is 2. The van der Waals surface area contributed by atoms with Gasteiger partial charge in [-0.2, -0.15) is 0 Å². The van der Waals surface area contributed by atoms with Crippen molar-refractivity contribution in [2.75, 3.05) is 18.6 Å². The highest BCUT2D eigenvalue weighted by molar-refractivity contribution is 6.30. The molecule has 0 aliphatic carbocycles. The average molecular weight is 506 g/mol. The first kappa shape index (κ1) is 24.5. The lowest BCUT2D eigenvalue weighted by Crippen LogP contribution is -2.44. The van der Waals surface area contributed by atoms with Gasteiger partial charge in [0.2, 0.25) is 0 Å². The molecular formula is C24H19ClF3N3O4. The number of hydrogen-bond acceptors (Lipinski definition) is 5. The molecule has 1 saturated heterocycles. The van der Waals surface area contributed by atoms with Crippen LogP contribution >= 0.6 is 11.6 Å². The number of carbonyl (C=O) groups is 2. The number of benzene rings is 2. The SMILES string of the molecule is COc1cc(F)c([C@@H]2CN(c3nc(CO)ccc3F)C(=O)[C@H]2NC(=O)c2ccc(Cl)cc2)c(F)c1. The fourth-order valence-electron chi connectivity index (χ4n) is 3.95. The lowest BCUT2D eigenvalue weighted by Gasteiger charge is -2.20. The normalized spacial score (nSPS) is 17.5. The number of nitrogens with one attached hydrogen (secondary N) is 1. The molecule has 7 nitrogen and oxygen atoms in total. The van der Waals surface area contributed by atoms with Gasteiger partial charge in [-0.25, -0.2) is 18.2 Å². The summed E-state index contributed by atoms with van der Waals surface area (Å²) in [5, 5.41) is 12.3. The van der Waals surface area contributed by atoms with Crippen LogP contribution in [0.15, 0.2) is 48.5 Å². The summed E-state index contributed by atoms with van der Waals surface area (Å²) < 4.78 is 49.5. The molecule has 3 aromatic rings. The van der Waals surface area contributed by atoms with E-state index in [-0.39, 0.29) is 23.6 Å². The van der Waals surface area contributed by atoms with E-state index in [1.807, 2.05) is 0 Å². The Kier molecular flexibility index (Phi) is 6.95. The molecule has 1 aliphatic heterocycles. The maximum atomic E-state index is 15.0. The van der Waals surface area contributed by atoms with Gasteiger partial charge in [-0.15, -0.1) is 0 Å². The van der Waals surface area contributed by atoms with Crippen molar-refractivity contribution in [1.29, 1.82) is 0 Å². The second-order valence-corrected chi connectivity index (χ2v) is 8.22. The number of pyridine rings is 1. The first-order valence-corrected chi connectivity index (χ1v) is 10.8. The molecule has 1 aliphatic rings. The lowest BCUT2D eigenvalue weighted by atomic mass is 9.92. The fourth-order valence-corrected chi connectivity index (χ4v) is 4.08. The third kappa shape index (κ3) is 4.80. The molecule has 0 unspecified atom stereocenters. The molecule has 2 atom stereocenters. The molecule has 0 bridgehead atoms. The predicted molar refractivity (Wildman–Crippen MR) is 121 cm³/mol. The van der Waals surface area contributed by atoms with Crippen LogP contribution < -0.4 is 15.0 Å². The van der Waals surface area contributed by atoms with Crippen molar-refractivity contribution < 1.29 is 32.6 Å². The summed E-state index contributed by atoms with van der Waals surface area (Å²) in [5.74, 6) is -6.13. The zero-order valence-electron chi connectivity index (χ0n) is 18.3. The van der Waals surface area contributed by atoms with Gasteiger partial charge in [0.25, 0.3) is 11.8 Å². The Hall–Kier alpha value is -3.63. The average Bonchev–Trinajstić information content (AvgIpc) is 3.14. The molecule has 0 saturated carbocycles. The number of hydrogen-bond donors (Lipinski definition) is 2. The van der Waals surface area contributed by atoms with Crippen molar-refractivity contribution in [1.82, 2.24) is 10.3 Å². The summed E-state index contributed by atoms with van der Waals surface area (Å²) in [4.78, 5) is 31.1. The van der Waals surface area contributed by atoms with Gasteiger partial charge in [-0.05, 0) is 36.4 Å². The molecule has 11 heteroatoms. The Morgan fingerprint density at radius 2 is 1.80 bits per heavy atom. The number of rotatable bonds is 6. The van der Waals surface area contributed by atoms with E-state index in [1.54, 1.807) is 0 Å². The van der Waals surface area contributed by atoms with Gasteiger partial charge >= 0.3 is 0 Å². The monoisotopic (exact) mass is 505 g/mol. The Labute approximate surface area is 203 Å². The highest BCUT2D eigenvalue weighted by Crippen LogP contribution is 2.36. The third-order valence-corrected chi connectivity index (χ3v) is 5.92. The van der Waals surface area contributed by atoms with Crippen LogP contribution in [0.3, 0.4) is 0 Å². The molecule has 2 amide bonds. The van der Waals surface area contributed by atoms with E-state index in [1.165, 1.54) is 37.4 Å². The standard InChI is InChI=1S/C24H19ClF3N3O4/c1-35-15-8-18(27)20(19(28)9-15)16-10-31(22-17(26)7-6-14(11-32)29-22)24(34)21(16)30-23(33)12-2-4-13(25)5-3-12/h2-9,16,21,32H,10-11H2,1H3,(H,30,33)/t16-,21-/m0/s1. The van der Waals surface area contributed by atoms with Gasteiger partial charge in [0.1, 0.15) is 23.4 Å². The van der Waals surface area contributed by atoms with Gasteiger partial charge in [0, 0.05) is 40.7 Å². The van der Waals surface area contributed by atoms with Gasteiger partial charge in [-0.1, -0.05) is 11.6 Å². The van der Waals surface area contributed by atoms with Crippen LogP contribution in [0, 0.1) is 17.5 Å². The number of halogens is 4. The van der Waals surface area contributed by atoms with Crippen LogP contribution in [-0.4, -0.2) is 41.6 Å². The number of aliphatic hydroxyl groups excluding tert-OH is 1. The van der Waals surface area contributed by atoms with Crippen molar-refractivity contribution in [2.45, 2.75) is 18.6 Å². The van der Waals surface area contributed by atoms with Crippen LogP contribution in [0.25, 0.3) is 0 Å². The molecule has 182 valence electrons. The molecular weight excluding hydrogens is 487 g/mol. The number of anilines is 1. The maximum absolute atomic E-state index is 15.0. The summed E-state index contributed by atoms with van der Waals surface area (Å²) in [6.07, 6.45) is 0. The van der Waals surface area contributed by atoms with Crippen molar-refractivity contribution in [3.8, 4) is 5.75 Å². The predicted octanol–water partition coefficient (Wildman–Crippen LogP) is 3.58. The quantitative estimate of drug-likeness (QED) is 0.534. The van der Waals surface area contributed by atoms with Gasteiger partial charge in [0.15, 0.2) is 11.6 Å². The Balaban J connectivity index is 1.77. The van der Waals surface area contributed by atoms with Gasteiger partial charge < -0.3 is 15.2 Å². The largest absolute Gasteiger partial charge is 0.497 e. The topological polar surface area (TPSA) is 91.8 Å². The summed E-state index contributed by atoms with van der Waals surface area (Å²) in [7, 11) is 1.24. The highest BCUT2D eigenvalue weighted by atomic mass is 35.5. The third-order valence-electron chi connectivity index (χ3n) is 5.67. The minimum Gasteiger partial charge on any atom is -0.497 e.